The number of carbonyl (C=O) groups excluding carboxylic acids is 1. The lowest BCUT2D eigenvalue weighted by Crippen LogP contribution is -2.19. The number of nitrogens with one attached hydrogen (secondary N) is 1. The highest BCUT2D eigenvalue weighted by atomic mass is 35.5. The van der Waals surface area contributed by atoms with Gasteiger partial charge < -0.3 is 5.73 Å². The Bertz CT molecular complexity index is 788. The Labute approximate surface area is 136 Å². The standard InChI is InChI=1S/C15H13ClN4O3/c1-9(10-2-5-12(17)6-3-10)18-19-15(21)11-4-7-13(16)14(8-11)20(22)23/h2-8H,17H2,1H3,(H,19,21)/b18-9+. The molecule has 0 aliphatic rings. The molecule has 3 N–H and O–H groups in total. The minimum Gasteiger partial charge on any atom is -0.399 e. The summed E-state index contributed by atoms with van der Waals surface area (Å²) in [4.78, 5) is 22.2. The number of halogens is 1. The molecule has 0 aliphatic heterocycles. The van der Waals surface area contributed by atoms with Gasteiger partial charge in [-0.05, 0) is 36.8 Å². The molecule has 0 spiro atoms. The molecule has 7 nitrogen and oxygen atoms in total. The molecule has 23 heavy (non-hydrogen) atoms. The Hall–Kier alpha value is -2.93. The van der Waals surface area contributed by atoms with Gasteiger partial charge in [-0.3, -0.25) is 14.9 Å². The third-order valence-electron chi connectivity index (χ3n) is 3.06. The summed E-state index contributed by atoms with van der Waals surface area (Å²) in [6.07, 6.45) is 0. The lowest BCUT2D eigenvalue weighted by molar-refractivity contribution is -0.384. The summed E-state index contributed by atoms with van der Waals surface area (Å²) in [6, 6.07) is 10.8. The van der Waals surface area contributed by atoms with Crippen molar-refractivity contribution in [2.24, 2.45) is 5.10 Å². The van der Waals surface area contributed by atoms with Crippen molar-refractivity contribution < 1.29 is 9.72 Å². The first-order chi connectivity index (χ1) is 10.9. The molecule has 2 aromatic carbocycles. The minimum atomic E-state index is -0.651. The minimum absolute atomic E-state index is 0.0342. The molecule has 2 rings (SSSR count). The van der Waals surface area contributed by atoms with Crippen molar-refractivity contribution in [1.29, 1.82) is 0 Å². The Kier molecular flexibility index (Phi) is 4.92. The number of anilines is 1. The molecule has 0 aliphatic carbocycles. The first kappa shape index (κ1) is 16.4. The van der Waals surface area contributed by atoms with Crippen LogP contribution in [0.1, 0.15) is 22.8 Å². The van der Waals surface area contributed by atoms with E-state index in [1.165, 1.54) is 12.1 Å². The molecule has 0 saturated heterocycles. The van der Waals surface area contributed by atoms with Crippen molar-refractivity contribution in [3.05, 3.63) is 68.7 Å². The van der Waals surface area contributed by atoms with E-state index in [1.807, 2.05) is 0 Å². The third-order valence-corrected chi connectivity index (χ3v) is 3.38. The molecule has 8 heteroatoms. The second kappa shape index (κ2) is 6.89. The van der Waals surface area contributed by atoms with Crippen molar-refractivity contribution in [2.75, 3.05) is 5.73 Å². The number of hydrogen-bond acceptors (Lipinski definition) is 5. The van der Waals surface area contributed by atoms with Crippen LogP contribution in [0.2, 0.25) is 5.02 Å². The number of rotatable bonds is 4. The van der Waals surface area contributed by atoms with Crippen molar-refractivity contribution in [2.45, 2.75) is 6.92 Å². The zero-order chi connectivity index (χ0) is 17.0. The molecule has 0 unspecified atom stereocenters. The molecular formula is C15H13ClN4O3. The van der Waals surface area contributed by atoms with Crippen molar-refractivity contribution in [1.82, 2.24) is 5.43 Å². The molecule has 0 heterocycles. The maximum Gasteiger partial charge on any atom is 0.288 e. The average Bonchev–Trinajstić information content (AvgIpc) is 2.53. The number of amides is 1. The van der Waals surface area contributed by atoms with E-state index >= 15 is 0 Å². The van der Waals surface area contributed by atoms with Crippen molar-refractivity contribution in [3.63, 3.8) is 0 Å². The predicted octanol–water partition coefficient (Wildman–Crippen LogP) is 2.98. The number of benzene rings is 2. The number of nitro groups is 1. The molecule has 0 bridgehead atoms. The summed E-state index contributed by atoms with van der Waals surface area (Å²) in [6.45, 7) is 1.72. The Balaban J connectivity index is 2.16. The largest absolute Gasteiger partial charge is 0.399 e. The summed E-state index contributed by atoms with van der Waals surface area (Å²) in [5, 5.41) is 14.8. The van der Waals surface area contributed by atoms with Gasteiger partial charge >= 0.3 is 0 Å². The highest BCUT2D eigenvalue weighted by molar-refractivity contribution is 6.32. The van der Waals surface area contributed by atoms with Gasteiger partial charge in [-0.2, -0.15) is 5.10 Å². The summed E-state index contributed by atoms with van der Waals surface area (Å²) >= 11 is 5.71. The summed E-state index contributed by atoms with van der Waals surface area (Å²) in [5.74, 6) is -0.570. The number of hydrazone groups is 1. The molecule has 1 amide bonds. The number of hydrogen-bond donors (Lipinski definition) is 2. The molecule has 2 aromatic rings. The van der Waals surface area contributed by atoms with E-state index in [2.05, 4.69) is 10.5 Å². The van der Waals surface area contributed by atoms with Gasteiger partial charge in [0.2, 0.25) is 0 Å². The lowest BCUT2D eigenvalue weighted by Gasteiger charge is -2.04. The molecule has 0 saturated carbocycles. The van der Waals surface area contributed by atoms with E-state index in [0.717, 1.165) is 11.6 Å². The van der Waals surface area contributed by atoms with Gasteiger partial charge in [-0.15, -0.1) is 0 Å². The zero-order valence-electron chi connectivity index (χ0n) is 12.1. The number of nitrogens with zero attached hydrogens (tertiary/aromatic N) is 2. The molecule has 0 fully saturated rings. The Morgan fingerprint density at radius 2 is 1.83 bits per heavy atom. The van der Waals surface area contributed by atoms with E-state index < -0.39 is 10.8 Å². The number of nitrogen functional groups attached to an aromatic ring is 1. The first-order valence-electron chi connectivity index (χ1n) is 6.53. The van der Waals surface area contributed by atoms with Crippen LogP contribution >= 0.6 is 11.6 Å². The van der Waals surface area contributed by atoms with Crippen LogP contribution in [0.3, 0.4) is 0 Å². The van der Waals surface area contributed by atoms with Crippen LogP contribution in [0.25, 0.3) is 0 Å². The van der Waals surface area contributed by atoms with Crippen LogP contribution in [-0.4, -0.2) is 16.5 Å². The van der Waals surface area contributed by atoms with Gasteiger partial charge in [-0.25, -0.2) is 5.43 Å². The van der Waals surface area contributed by atoms with Crippen LogP contribution in [0.5, 0.6) is 0 Å². The first-order valence-corrected chi connectivity index (χ1v) is 6.91. The fourth-order valence-electron chi connectivity index (χ4n) is 1.78. The van der Waals surface area contributed by atoms with Gasteiger partial charge in [0.05, 0.1) is 10.6 Å². The molecule has 0 radical (unpaired) electrons. The zero-order valence-corrected chi connectivity index (χ0v) is 12.9. The molecule has 0 aromatic heterocycles. The topological polar surface area (TPSA) is 111 Å². The SMILES string of the molecule is C/C(=N\NC(=O)c1ccc(Cl)c([N+](=O)[O-])c1)c1ccc(N)cc1. The second-order valence-electron chi connectivity index (χ2n) is 4.68. The third kappa shape index (κ3) is 4.04. The van der Waals surface area contributed by atoms with Crippen molar-refractivity contribution in [3.8, 4) is 0 Å². The van der Waals surface area contributed by atoms with Crippen LogP contribution in [0.4, 0.5) is 11.4 Å². The monoisotopic (exact) mass is 332 g/mol. The Morgan fingerprint density at radius 1 is 1.22 bits per heavy atom. The van der Waals surface area contributed by atoms with Gasteiger partial charge in [0.1, 0.15) is 5.02 Å². The van der Waals surface area contributed by atoms with Crippen LogP contribution in [0, 0.1) is 10.1 Å². The van der Waals surface area contributed by atoms with Crippen LogP contribution in [0.15, 0.2) is 47.6 Å². The second-order valence-corrected chi connectivity index (χ2v) is 5.09. The smallest absolute Gasteiger partial charge is 0.288 e. The highest BCUT2D eigenvalue weighted by Crippen LogP contribution is 2.24. The fraction of sp³-hybridized carbons (Fsp3) is 0.0667. The number of carbonyl (C=O) groups is 1. The lowest BCUT2D eigenvalue weighted by atomic mass is 10.1. The quantitative estimate of drug-likeness (QED) is 0.388. The normalized spacial score (nSPS) is 11.1. The molecular weight excluding hydrogens is 320 g/mol. The van der Waals surface area contributed by atoms with E-state index in [4.69, 9.17) is 17.3 Å². The maximum absolute atomic E-state index is 12.0. The van der Waals surface area contributed by atoms with Gasteiger partial charge in [0.15, 0.2) is 0 Å². The van der Waals surface area contributed by atoms with Crippen molar-refractivity contribution >= 4 is 34.6 Å². The highest BCUT2D eigenvalue weighted by Gasteiger charge is 2.16. The van der Waals surface area contributed by atoms with Crippen LogP contribution < -0.4 is 11.2 Å². The van der Waals surface area contributed by atoms with E-state index in [-0.39, 0.29) is 16.3 Å². The van der Waals surface area contributed by atoms with E-state index in [1.54, 1.807) is 31.2 Å². The summed E-state index contributed by atoms with van der Waals surface area (Å²) in [7, 11) is 0. The summed E-state index contributed by atoms with van der Waals surface area (Å²) < 4.78 is 0. The van der Waals surface area contributed by atoms with E-state index in [9.17, 15) is 14.9 Å². The number of nitro benzene ring substituents is 1. The average molecular weight is 333 g/mol. The fourth-order valence-corrected chi connectivity index (χ4v) is 1.97. The maximum atomic E-state index is 12.0. The van der Waals surface area contributed by atoms with E-state index in [0.29, 0.717) is 11.4 Å². The van der Waals surface area contributed by atoms with Gasteiger partial charge in [-0.1, -0.05) is 23.7 Å². The number of nitrogens with two attached hydrogens (primary N) is 1. The predicted molar refractivity (Wildman–Crippen MR) is 88.6 cm³/mol. The van der Waals surface area contributed by atoms with Crippen LogP contribution in [-0.2, 0) is 0 Å². The Morgan fingerprint density at radius 3 is 2.43 bits per heavy atom. The van der Waals surface area contributed by atoms with Gasteiger partial charge in [0.25, 0.3) is 11.6 Å². The molecule has 0 atom stereocenters. The van der Waals surface area contributed by atoms with Gasteiger partial charge in [0, 0.05) is 17.3 Å². The summed E-state index contributed by atoms with van der Waals surface area (Å²) in [5.41, 5.74) is 9.70. The molecule has 118 valence electrons.